The average molecular weight is 169 g/mol. The van der Waals surface area contributed by atoms with Crippen molar-refractivity contribution in [2.45, 2.75) is 26.1 Å². The van der Waals surface area contributed by atoms with Crippen molar-refractivity contribution < 1.29 is 9.53 Å². The fraction of sp³-hybridized carbons (Fsp3) is 0.778. The molecular weight excluding hydrogens is 154 g/mol. The summed E-state index contributed by atoms with van der Waals surface area (Å²) in [5, 5.41) is 0. The molecule has 1 aliphatic heterocycles. The highest BCUT2D eigenvalue weighted by atomic mass is 16.5. The third-order valence-corrected chi connectivity index (χ3v) is 1.87. The molecule has 0 bridgehead atoms. The molecule has 2 atom stereocenters. The van der Waals surface area contributed by atoms with E-state index in [4.69, 9.17) is 11.7 Å². The minimum Gasteiger partial charge on any atom is -0.373 e. The minimum absolute atomic E-state index is 0.202. The lowest BCUT2D eigenvalue weighted by atomic mass is 10.2. The highest BCUT2D eigenvalue weighted by Gasteiger charge is 2.22. The first-order valence-corrected chi connectivity index (χ1v) is 4.24. The molecule has 0 unspecified atom stereocenters. The Morgan fingerprint density at radius 3 is 2.42 bits per heavy atom. The van der Waals surface area contributed by atoms with Gasteiger partial charge in [0.2, 0.25) is 0 Å². The molecule has 0 spiro atoms. The lowest BCUT2D eigenvalue weighted by Crippen LogP contribution is -2.46. The SMILES string of the molecule is [CH]C(=O)CN1C[C@@H](C)O[C@@H](C)C1. The van der Waals surface area contributed by atoms with Crippen LogP contribution in [0.15, 0.2) is 0 Å². The van der Waals surface area contributed by atoms with Gasteiger partial charge in [-0.1, -0.05) is 0 Å². The van der Waals surface area contributed by atoms with Crippen molar-refractivity contribution >= 4 is 5.78 Å². The first kappa shape index (κ1) is 9.68. The molecule has 1 aliphatic rings. The van der Waals surface area contributed by atoms with Gasteiger partial charge in [-0.05, 0) is 13.8 Å². The van der Waals surface area contributed by atoms with E-state index in [0.717, 1.165) is 13.1 Å². The summed E-state index contributed by atoms with van der Waals surface area (Å²) in [6.45, 7) is 11.0. The minimum atomic E-state index is -0.267. The van der Waals surface area contributed by atoms with Crippen LogP contribution in [0, 0.1) is 6.92 Å². The van der Waals surface area contributed by atoms with E-state index in [0.29, 0.717) is 6.54 Å². The molecule has 1 fully saturated rings. The predicted molar refractivity (Wildman–Crippen MR) is 45.8 cm³/mol. The number of ether oxygens (including phenoxy) is 1. The first-order chi connectivity index (χ1) is 5.58. The Kier molecular flexibility index (Phi) is 3.23. The number of carbonyl (C=O) groups is 1. The fourth-order valence-electron chi connectivity index (χ4n) is 1.63. The zero-order valence-electron chi connectivity index (χ0n) is 7.62. The van der Waals surface area contributed by atoms with Crippen molar-refractivity contribution in [3.05, 3.63) is 6.92 Å². The molecule has 0 N–H and O–H groups in total. The Bertz CT molecular complexity index is 160. The number of ketones is 1. The van der Waals surface area contributed by atoms with Crippen LogP contribution in [0.4, 0.5) is 0 Å². The van der Waals surface area contributed by atoms with Gasteiger partial charge in [0, 0.05) is 20.0 Å². The van der Waals surface area contributed by atoms with E-state index in [-0.39, 0.29) is 18.0 Å². The van der Waals surface area contributed by atoms with Gasteiger partial charge in [-0.2, -0.15) is 0 Å². The van der Waals surface area contributed by atoms with Crippen LogP contribution in [0.5, 0.6) is 0 Å². The third kappa shape index (κ3) is 2.91. The lowest BCUT2D eigenvalue weighted by molar-refractivity contribution is -0.119. The number of rotatable bonds is 2. The number of morpholine rings is 1. The lowest BCUT2D eigenvalue weighted by Gasteiger charge is -2.34. The molecule has 68 valence electrons. The summed E-state index contributed by atoms with van der Waals surface area (Å²) in [7, 11) is 0. The van der Waals surface area contributed by atoms with Crippen LogP contribution in [0.25, 0.3) is 0 Å². The Balaban J connectivity index is 2.38. The quantitative estimate of drug-likeness (QED) is 0.598. The Morgan fingerprint density at radius 2 is 2.00 bits per heavy atom. The van der Waals surface area contributed by atoms with E-state index >= 15 is 0 Å². The number of nitrogens with zero attached hydrogens (tertiary/aromatic N) is 1. The Hall–Kier alpha value is -0.410. The molecule has 3 heteroatoms. The number of hydrogen-bond acceptors (Lipinski definition) is 3. The van der Waals surface area contributed by atoms with Gasteiger partial charge in [0.15, 0.2) is 5.78 Å². The van der Waals surface area contributed by atoms with Crippen LogP contribution in [0.3, 0.4) is 0 Å². The molecule has 0 aromatic heterocycles. The molecule has 0 aromatic carbocycles. The van der Waals surface area contributed by atoms with E-state index in [2.05, 4.69) is 0 Å². The molecule has 2 radical (unpaired) electrons. The molecule has 12 heavy (non-hydrogen) atoms. The van der Waals surface area contributed by atoms with Crippen molar-refractivity contribution in [3.8, 4) is 0 Å². The molecule has 0 aromatic rings. The number of carbonyl (C=O) groups excluding carboxylic acids is 1. The van der Waals surface area contributed by atoms with Gasteiger partial charge in [0.05, 0.1) is 18.8 Å². The average Bonchev–Trinajstić information content (AvgIpc) is 1.81. The van der Waals surface area contributed by atoms with Gasteiger partial charge in [0.1, 0.15) is 0 Å². The van der Waals surface area contributed by atoms with Crippen LogP contribution < -0.4 is 0 Å². The maximum Gasteiger partial charge on any atom is 0.151 e. The Morgan fingerprint density at radius 1 is 1.50 bits per heavy atom. The van der Waals surface area contributed by atoms with E-state index in [9.17, 15) is 4.79 Å². The zero-order valence-corrected chi connectivity index (χ0v) is 7.62. The number of Topliss-reactive ketones (excluding diaryl/α,β-unsaturated/α-hetero) is 1. The summed E-state index contributed by atoms with van der Waals surface area (Å²) in [5.41, 5.74) is 0. The number of hydrogen-bond donors (Lipinski definition) is 0. The fourth-order valence-corrected chi connectivity index (χ4v) is 1.63. The topological polar surface area (TPSA) is 29.5 Å². The normalized spacial score (nSPS) is 31.9. The smallest absolute Gasteiger partial charge is 0.151 e. The maximum atomic E-state index is 10.6. The summed E-state index contributed by atoms with van der Waals surface area (Å²) in [4.78, 5) is 12.6. The van der Waals surface area contributed by atoms with Crippen molar-refractivity contribution in [1.82, 2.24) is 4.90 Å². The Labute approximate surface area is 73.7 Å². The second-order valence-corrected chi connectivity index (χ2v) is 3.42. The van der Waals surface area contributed by atoms with E-state index < -0.39 is 0 Å². The molecule has 0 saturated carbocycles. The summed E-state index contributed by atoms with van der Waals surface area (Å²) >= 11 is 0. The van der Waals surface area contributed by atoms with Crippen LogP contribution in [-0.2, 0) is 9.53 Å². The third-order valence-electron chi connectivity index (χ3n) is 1.87. The van der Waals surface area contributed by atoms with Crippen LogP contribution in [0.2, 0.25) is 0 Å². The second-order valence-electron chi connectivity index (χ2n) is 3.42. The maximum absolute atomic E-state index is 10.6. The predicted octanol–water partition coefficient (Wildman–Crippen LogP) is 0.376. The summed E-state index contributed by atoms with van der Waals surface area (Å²) in [6.07, 6.45) is 0.404. The van der Waals surface area contributed by atoms with Gasteiger partial charge < -0.3 is 4.74 Å². The zero-order chi connectivity index (χ0) is 9.14. The molecular formula is C9H15NO2. The molecule has 1 heterocycles. The molecule has 0 amide bonds. The largest absolute Gasteiger partial charge is 0.373 e. The monoisotopic (exact) mass is 169 g/mol. The summed E-state index contributed by atoms with van der Waals surface area (Å²) in [6, 6.07) is 0. The van der Waals surface area contributed by atoms with Crippen LogP contribution >= 0.6 is 0 Å². The van der Waals surface area contributed by atoms with Crippen LogP contribution in [0.1, 0.15) is 13.8 Å². The van der Waals surface area contributed by atoms with E-state index in [1.54, 1.807) is 0 Å². The molecule has 1 saturated heterocycles. The van der Waals surface area contributed by atoms with Gasteiger partial charge >= 0.3 is 0 Å². The van der Waals surface area contributed by atoms with E-state index in [1.165, 1.54) is 0 Å². The van der Waals surface area contributed by atoms with Crippen LogP contribution in [-0.4, -0.2) is 42.5 Å². The van der Waals surface area contributed by atoms with Crippen molar-refractivity contribution in [2.24, 2.45) is 0 Å². The highest BCUT2D eigenvalue weighted by Crippen LogP contribution is 2.09. The van der Waals surface area contributed by atoms with Crippen molar-refractivity contribution in [3.63, 3.8) is 0 Å². The van der Waals surface area contributed by atoms with Gasteiger partial charge in [-0.15, -0.1) is 0 Å². The summed E-state index contributed by atoms with van der Waals surface area (Å²) in [5.74, 6) is -0.267. The molecule has 0 aliphatic carbocycles. The highest BCUT2D eigenvalue weighted by molar-refractivity contribution is 5.84. The van der Waals surface area contributed by atoms with Crippen molar-refractivity contribution in [2.75, 3.05) is 19.6 Å². The second kappa shape index (κ2) is 4.01. The summed E-state index contributed by atoms with van der Waals surface area (Å²) < 4.78 is 5.50. The van der Waals surface area contributed by atoms with Gasteiger partial charge in [-0.25, -0.2) is 0 Å². The molecule has 3 nitrogen and oxygen atoms in total. The molecule has 1 rings (SSSR count). The standard InChI is InChI=1S/C9H15NO2/c1-7(11)4-10-5-8(2)12-9(3)6-10/h1,8-9H,4-6H2,2-3H3/t8-,9+. The van der Waals surface area contributed by atoms with Crippen molar-refractivity contribution in [1.29, 1.82) is 0 Å². The van der Waals surface area contributed by atoms with Gasteiger partial charge in [-0.3, -0.25) is 9.69 Å². The first-order valence-electron chi connectivity index (χ1n) is 4.24. The van der Waals surface area contributed by atoms with Gasteiger partial charge in [0.25, 0.3) is 0 Å². The van der Waals surface area contributed by atoms with E-state index in [1.807, 2.05) is 18.7 Å².